The lowest BCUT2D eigenvalue weighted by molar-refractivity contribution is 0.193. The van der Waals surface area contributed by atoms with Crippen molar-refractivity contribution in [2.45, 2.75) is 18.8 Å². The van der Waals surface area contributed by atoms with Crippen molar-refractivity contribution in [2.75, 3.05) is 32.6 Å². The van der Waals surface area contributed by atoms with Crippen molar-refractivity contribution in [3.8, 4) is 17.2 Å². The number of carbonyl (C=O) groups is 1. The lowest BCUT2D eigenvalue weighted by Crippen LogP contribution is -2.41. The molecule has 1 N–H and O–H groups in total. The normalized spacial score (nSPS) is 14.3. The van der Waals surface area contributed by atoms with Crippen molar-refractivity contribution >= 4 is 11.7 Å². The monoisotopic (exact) mass is 437 g/mol. The molecule has 0 saturated carbocycles. The minimum Gasteiger partial charge on any atom is -0.493 e. The van der Waals surface area contributed by atoms with Crippen molar-refractivity contribution in [2.24, 2.45) is 7.05 Å². The van der Waals surface area contributed by atoms with E-state index in [1.807, 2.05) is 30.3 Å². The molecule has 9 heteroatoms. The molecule has 168 valence electrons. The Morgan fingerprint density at radius 3 is 2.41 bits per heavy atom. The second-order valence-corrected chi connectivity index (χ2v) is 7.67. The maximum Gasteiger partial charge on any atom is 0.350 e. The summed E-state index contributed by atoms with van der Waals surface area (Å²) in [6.07, 6.45) is 1.43. The molecule has 1 saturated heterocycles. The molecule has 2 heterocycles. The first-order chi connectivity index (χ1) is 15.5. The molecule has 4 rings (SSSR count). The number of nitrogens with one attached hydrogen (secondary N) is 1. The topological polar surface area (TPSA) is 90.6 Å². The number of hydrogen-bond acceptors (Lipinski definition) is 5. The van der Waals surface area contributed by atoms with E-state index < -0.39 is 0 Å². The third kappa shape index (κ3) is 4.05. The first kappa shape index (κ1) is 21.5. The molecule has 1 aliphatic heterocycles. The van der Waals surface area contributed by atoms with Crippen molar-refractivity contribution in [3.05, 3.63) is 64.8 Å². The molecule has 0 aliphatic carbocycles. The number of aryl methyl sites for hydroxylation is 1. The van der Waals surface area contributed by atoms with Crippen LogP contribution in [0.25, 0.3) is 5.69 Å². The van der Waals surface area contributed by atoms with E-state index in [2.05, 4.69) is 10.4 Å². The van der Waals surface area contributed by atoms with Gasteiger partial charge in [-0.1, -0.05) is 24.3 Å². The maximum absolute atomic E-state index is 12.9. The Hall–Kier alpha value is -3.75. The molecule has 0 spiro atoms. The quantitative estimate of drug-likeness (QED) is 0.663. The molecule has 2 aromatic carbocycles. The van der Waals surface area contributed by atoms with Crippen LogP contribution in [0.3, 0.4) is 0 Å². The van der Waals surface area contributed by atoms with Crippen molar-refractivity contribution < 1.29 is 14.3 Å². The summed E-state index contributed by atoms with van der Waals surface area (Å²) >= 11 is 0. The first-order valence-corrected chi connectivity index (χ1v) is 10.5. The zero-order valence-corrected chi connectivity index (χ0v) is 18.4. The van der Waals surface area contributed by atoms with Crippen LogP contribution in [-0.4, -0.2) is 52.6 Å². The van der Waals surface area contributed by atoms with Gasteiger partial charge in [-0.05, 0) is 37.1 Å². The second kappa shape index (κ2) is 9.17. The number of hydrogen-bond donors (Lipinski definition) is 1. The number of para-hydroxylation sites is 2. The van der Waals surface area contributed by atoms with Crippen LogP contribution >= 0.6 is 0 Å². The van der Waals surface area contributed by atoms with E-state index in [9.17, 15) is 9.59 Å². The SMILES string of the molecule is COc1cccc(NC(=O)N2CCC(c3nn(C)c(=O)n3-c3ccccc3)CC2)c1OC. The average molecular weight is 438 g/mol. The number of nitrogens with zero attached hydrogens (tertiary/aromatic N) is 4. The number of likely N-dealkylation sites (tertiary alicyclic amines) is 1. The highest BCUT2D eigenvalue weighted by molar-refractivity contribution is 5.91. The number of ether oxygens (including phenoxy) is 2. The Bertz CT molecular complexity index is 1150. The molecular formula is C23H27N5O4. The molecule has 0 unspecified atom stereocenters. The molecule has 32 heavy (non-hydrogen) atoms. The van der Waals surface area contributed by atoms with Gasteiger partial charge in [0.25, 0.3) is 0 Å². The fourth-order valence-corrected chi connectivity index (χ4v) is 4.09. The summed E-state index contributed by atoms with van der Waals surface area (Å²) in [5.41, 5.74) is 1.18. The molecule has 0 bridgehead atoms. The third-order valence-electron chi connectivity index (χ3n) is 5.76. The Morgan fingerprint density at radius 2 is 1.75 bits per heavy atom. The van der Waals surface area contributed by atoms with Gasteiger partial charge in [0.2, 0.25) is 0 Å². The van der Waals surface area contributed by atoms with Crippen LogP contribution in [0.15, 0.2) is 53.3 Å². The number of piperidine rings is 1. The van der Waals surface area contributed by atoms with Crippen LogP contribution < -0.4 is 20.5 Å². The van der Waals surface area contributed by atoms with E-state index in [-0.39, 0.29) is 17.6 Å². The largest absolute Gasteiger partial charge is 0.493 e. The highest BCUT2D eigenvalue weighted by atomic mass is 16.5. The van der Waals surface area contributed by atoms with Gasteiger partial charge in [0.05, 0.1) is 25.6 Å². The lowest BCUT2D eigenvalue weighted by atomic mass is 9.96. The Balaban J connectivity index is 1.47. The van der Waals surface area contributed by atoms with Gasteiger partial charge in [-0.3, -0.25) is 0 Å². The molecule has 0 atom stereocenters. The van der Waals surface area contributed by atoms with E-state index >= 15 is 0 Å². The number of urea groups is 1. The minimum atomic E-state index is -0.198. The van der Waals surface area contributed by atoms with Gasteiger partial charge in [-0.15, -0.1) is 0 Å². The van der Waals surface area contributed by atoms with Crippen LogP contribution in [0.2, 0.25) is 0 Å². The van der Waals surface area contributed by atoms with Gasteiger partial charge in [0, 0.05) is 26.1 Å². The summed E-state index contributed by atoms with van der Waals surface area (Å²) in [5, 5.41) is 7.43. The number of rotatable bonds is 5. The third-order valence-corrected chi connectivity index (χ3v) is 5.76. The van der Waals surface area contributed by atoms with E-state index in [0.717, 1.165) is 11.5 Å². The summed E-state index contributed by atoms with van der Waals surface area (Å²) in [4.78, 5) is 27.3. The van der Waals surface area contributed by atoms with Gasteiger partial charge in [0.1, 0.15) is 5.82 Å². The summed E-state index contributed by atoms with van der Waals surface area (Å²) in [6, 6.07) is 14.7. The number of anilines is 1. The van der Waals surface area contributed by atoms with Crippen LogP contribution in [0, 0.1) is 0 Å². The number of benzene rings is 2. The van der Waals surface area contributed by atoms with Gasteiger partial charge < -0.3 is 19.7 Å². The van der Waals surface area contributed by atoms with Crippen molar-refractivity contribution in [1.29, 1.82) is 0 Å². The van der Waals surface area contributed by atoms with E-state index in [1.165, 1.54) is 11.8 Å². The Labute approximate surface area is 186 Å². The average Bonchev–Trinajstić information content (AvgIpc) is 3.13. The second-order valence-electron chi connectivity index (χ2n) is 7.67. The standard InChI is InChI=1S/C23H27N5O4/c1-26-23(30)28(17-8-5-4-6-9-17)21(25-26)16-12-14-27(15-13-16)22(29)24-18-10-7-11-19(31-2)20(18)32-3/h4-11,16H,12-15H2,1-3H3,(H,24,29). The summed E-state index contributed by atoms with van der Waals surface area (Å²) in [5.74, 6) is 1.86. The van der Waals surface area contributed by atoms with E-state index in [1.54, 1.807) is 41.8 Å². The fourth-order valence-electron chi connectivity index (χ4n) is 4.09. The molecule has 0 radical (unpaired) electrons. The molecule has 1 aromatic heterocycles. The smallest absolute Gasteiger partial charge is 0.350 e. The van der Waals surface area contributed by atoms with E-state index in [4.69, 9.17) is 9.47 Å². The zero-order chi connectivity index (χ0) is 22.7. The highest BCUT2D eigenvalue weighted by Gasteiger charge is 2.29. The molecule has 9 nitrogen and oxygen atoms in total. The molecule has 3 aromatic rings. The predicted molar refractivity (Wildman–Crippen MR) is 121 cm³/mol. The minimum absolute atomic E-state index is 0.0829. The van der Waals surface area contributed by atoms with Crippen LogP contribution in [0.1, 0.15) is 24.6 Å². The molecule has 1 fully saturated rings. The van der Waals surface area contributed by atoms with Gasteiger partial charge in [0.15, 0.2) is 11.5 Å². The fraction of sp³-hybridized carbons (Fsp3) is 0.348. The number of carbonyl (C=O) groups excluding carboxylic acids is 1. The zero-order valence-electron chi connectivity index (χ0n) is 18.4. The molecular weight excluding hydrogens is 410 g/mol. The lowest BCUT2D eigenvalue weighted by Gasteiger charge is -2.31. The van der Waals surface area contributed by atoms with Crippen molar-refractivity contribution in [3.63, 3.8) is 0 Å². The highest BCUT2D eigenvalue weighted by Crippen LogP contribution is 2.35. The van der Waals surface area contributed by atoms with Crippen LogP contribution in [0.4, 0.5) is 10.5 Å². The summed E-state index contributed by atoms with van der Waals surface area (Å²) in [6.45, 7) is 1.12. The van der Waals surface area contributed by atoms with Gasteiger partial charge in [-0.25, -0.2) is 18.8 Å². The molecule has 2 amide bonds. The number of aromatic nitrogens is 3. The summed E-state index contributed by atoms with van der Waals surface area (Å²) < 4.78 is 13.7. The number of methoxy groups -OCH3 is 2. The van der Waals surface area contributed by atoms with E-state index in [0.29, 0.717) is 43.1 Å². The van der Waals surface area contributed by atoms with Crippen molar-refractivity contribution in [1.82, 2.24) is 19.2 Å². The predicted octanol–water partition coefficient (Wildman–Crippen LogP) is 3.00. The first-order valence-electron chi connectivity index (χ1n) is 10.5. The van der Waals surface area contributed by atoms with Crippen LogP contribution in [0.5, 0.6) is 11.5 Å². The maximum atomic E-state index is 12.9. The van der Waals surface area contributed by atoms with Gasteiger partial charge >= 0.3 is 11.7 Å². The molecule has 1 aliphatic rings. The Kier molecular flexibility index (Phi) is 6.16. The summed E-state index contributed by atoms with van der Waals surface area (Å²) in [7, 11) is 4.76. The van der Waals surface area contributed by atoms with Crippen LogP contribution in [-0.2, 0) is 7.05 Å². The van der Waals surface area contributed by atoms with Gasteiger partial charge in [-0.2, -0.15) is 5.10 Å². The number of amides is 2. The Morgan fingerprint density at radius 1 is 1.03 bits per heavy atom.